The molecular weight excluding hydrogens is 296 g/mol. The maximum absolute atomic E-state index is 12.7. The molecule has 0 N–H and O–H groups in total. The van der Waals surface area contributed by atoms with E-state index in [0.29, 0.717) is 19.6 Å². The van der Waals surface area contributed by atoms with E-state index in [1.807, 2.05) is 41.2 Å². The molecule has 0 bridgehead atoms. The van der Waals surface area contributed by atoms with Crippen molar-refractivity contribution in [3.05, 3.63) is 34.5 Å². The monoisotopic (exact) mass is 320 g/mol. The van der Waals surface area contributed by atoms with Crippen LogP contribution < -0.4 is 0 Å². The molecule has 0 radical (unpaired) electrons. The second-order valence-electron chi connectivity index (χ2n) is 5.88. The Balaban J connectivity index is 2.02. The van der Waals surface area contributed by atoms with Gasteiger partial charge in [0.05, 0.1) is 10.8 Å². The van der Waals surface area contributed by atoms with Gasteiger partial charge in [-0.1, -0.05) is 18.2 Å². The van der Waals surface area contributed by atoms with E-state index in [4.69, 9.17) is 0 Å². The van der Waals surface area contributed by atoms with Crippen LogP contribution in [0.1, 0.15) is 36.4 Å². The maximum atomic E-state index is 12.7. The van der Waals surface area contributed by atoms with Crippen LogP contribution in [0.25, 0.3) is 0 Å². The molecule has 2 amide bonds. The fourth-order valence-electron chi connectivity index (χ4n) is 2.85. The highest BCUT2D eigenvalue weighted by atomic mass is 32.1. The highest BCUT2D eigenvalue weighted by molar-refractivity contribution is 7.12. The van der Waals surface area contributed by atoms with E-state index in [2.05, 4.69) is 6.58 Å². The second kappa shape index (κ2) is 7.58. The number of amides is 2. The van der Waals surface area contributed by atoms with Crippen molar-refractivity contribution in [2.75, 3.05) is 26.2 Å². The number of carbonyl (C=O) groups is 2. The largest absolute Gasteiger partial charge is 0.339 e. The van der Waals surface area contributed by atoms with E-state index in [9.17, 15) is 9.59 Å². The lowest BCUT2D eigenvalue weighted by atomic mass is 9.96. The number of carbonyl (C=O) groups excluding carboxylic acids is 2. The molecule has 1 aliphatic rings. The smallest absolute Gasteiger partial charge is 0.263 e. The summed E-state index contributed by atoms with van der Waals surface area (Å²) in [5, 5.41) is 1.91. The van der Waals surface area contributed by atoms with Gasteiger partial charge >= 0.3 is 0 Å². The van der Waals surface area contributed by atoms with Crippen molar-refractivity contribution in [2.24, 2.45) is 5.92 Å². The summed E-state index contributed by atoms with van der Waals surface area (Å²) in [6.45, 7) is 10.4. The number of likely N-dealkylation sites (N-methyl/N-ethyl adjacent to an activating group) is 1. The Labute approximate surface area is 136 Å². The number of nitrogens with zero attached hydrogens (tertiary/aromatic N) is 2. The van der Waals surface area contributed by atoms with Crippen LogP contribution in [0.4, 0.5) is 0 Å². The first-order valence-corrected chi connectivity index (χ1v) is 8.66. The molecule has 4 nitrogen and oxygen atoms in total. The minimum atomic E-state index is -0.0861. The van der Waals surface area contributed by atoms with Gasteiger partial charge in [-0.25, -0.2) is 0 Å². The fourth-order valence-corrected chi connectivity index (χ4v) is 3.54. The summed E-state index contributed by atoms with van der Waals surface area (Å²) in [4.78, 5) is 29.5. The number of hydrogen-bond donors (Lipinski definition) is 0. The first-order valence-electron chi connectivity index (χ1n) is 7.78. The summed E-state index contributed by atoms with van der Waals surface area (Å²) in [6, 6.07) is 3.73. The minimum absolute atomic E-state index is 0.0513. The summed E-state index contributed by atoms with van der Waals surface area (Å²) in [7, 11) is 0. The van der Waals surface area contributed by atoms with Crippen LogP contribution >= 0.6 is 11.3 Å². The van der Waals surface area contributed by atoms with Crippen LogP contribution in [0.3, 0.4) is 0 Å². The van der Waals surface area contributed by atoms with Gasteiger partial charge in [-0.2, -0.15) is 0 Å². The van der Waals surface area contributed by atoms with Crippen molar-refractivity contribution in [3.63, 3.8) is 0 Å². The van der Waals surface area contributed by atoms with Crippen LogP contribution in [0.2, 0.25) is 0 Å². The van der Waals surface area contributed by atoms with Crippen molar-refractivity contribution < 1.29 is 9.59 Å². The van der Waals surface area contributed by atoms with Gasteiger partial charge in [0.2, 0.25) is 5.91 Å². The summed E-state index contributed by atoms with van der Waals surface area (Å²) in [5.41, 5.74) is 0.984. The molecule has 1 atom stereocenters. The molecule has 1 aromatic rings. The first kappa shape index (κ1) is 16.7. The third-order valence-corrected chi connectivity index (χ3v) is 4.80. The van der Waals surface area contributed by atoms with Crippen LogP contribution in [0.5, 0.6) is 0 Å². The third kappa shape index (κ3) is 3.97. The lowest BCUT2D eigenvalue weighted by molar-refractivity contribution is -0.136. The summed E-state index contributed by atoms with van der Waals surface area (Å²) in [6.07, 6.45) is 1.75. The molecule has 0 aliphatic carbocycles. The zero-order chi connectivity index (χ0) is 16.1. The molecule has 2 rings (SSSR count). The molecule has 0 aromatic carbocycles. The highest BCUT2D eigenvalue weighted by Crippen LogP contribution is 2.22. The minimum Gasteiger partial charge on any atom is -0.339 e. The average Bonchev–Trinajstić information content (AvgIpc) is 3.05. The van der Waals surface area contributed by atoms with Gasteiger partial charge < -0.3 is 9.80 Å². The van der Waals surface area contributed by atoms with Gasteiger partial charge in [0.25, 0.3) is 5.91 Å². The number of piperidine rings is 1. The molecule has 5 heteroatoms. The molecule has 22 heavy (non-hydrogen) atoms. The van der Waals surface area contributed by atoms with E-state index < -0.39 is 0 Å². The molecule has 0 saturated carbocycles. The topological polar surface area (TPSA) is 40.6 Å². The Hall–Kier alpha value is -1.62. The number of rotatable bonds is 5. The Morgan fingerprint density at radius 1 is 1.50 bits per heavy atom. The van der Waals surface area contributed by atoms with Crippen molar-refractivity contribution in [1.29, 1.82) is 0 Å². The first-order chi connectivity index (χ1) is 10.5. The van der Waals surface area contributed by atoms with Gasteiger partial charge in [-0.3, -0.25) is 9.59 Å². The molecule has 0 spiro atoms. The van der Waals surface area contributed by atoms with E-state index in [1.165, 1.54) is 11.3 Å². The van der Waals surface area contributed by atoms with Crippen molar-refractivity contribution in [3.8, 4) is 0 Å². The summed E-state index contributed by atoms with van der Waals surface area (Å²) < 4.78 is 0. The zero-order valence-electron chi connectivity index (χ0n) is 13.4. The predicted octanol–water partition coefficient (Wildman–Crippen LogP) is 3.02. The molecular formula is C17H24N2O2S. The summed E-state index contributed by atoms with van der Waals surface area (Å²) in [5.74, 6) is 0.113. The lowest BCUT2D eigenvalue weighted by Gasteiger charge is -2.34. The molecule has 120 valence electrons. The van der Waals surface area contributed by atoms with Crippen LogP contribution in [0, 0.1) is 5.92 Å². The second-order valence-corrected chi connectivity index (χ2v) is 6.82. The standard InChI is InChI=1S/C17H24N2O2S/c1-4-18(11-13(2)3)16(20)14-7-5-9-19(12-14)17(21)15-8-6-10-22-15/h6,8,10,14H,2,4-5,7,9,11-12H2,1,3H3. The maximum Gasteiger partial charge on any atom is 0.263 e. The molecule has 1 aromatic heterocycles. The fraction of sp³-hybridized carbons (Fsp3) is 0.529. The third-order valence-electron chi connectivity index (χ3n) is 3.94. The van der Waals surface area contributed by atoms with E-state index in [1.54, 1.807) is 0 Å². The summed E-state index contributed by atoms with van der Waals surface area (Å²) >= 11 is 1.46. The SMILES string of the molecule is C=C(C)CN(CC)C(=O)C1CCCN(C(=O)c2cccs2)C1. The highest BCUT2D eigenvalue weighted by Gasteiger charge is 2.31. The van der Waals surface area contributed by atoms with Crippen molar-refractivity contribution >= 4 is 23.2 Å². The van der Waals surface area contributed by atoms with Crippen LogP contribution in [-0.4, -0.2) is 47.8 Å². The van der Waals surface area contributed by atoms with Gasteiger partial charge in [-0.05, 0) is 38.1 Å². The molecule has 1 saturated heterocycles. The quantitative estimate of drug-likeness (QED) is 0.783. The van der Waals surface area contributed by atoms with E-state index >= 15 is 0 Å². The average molecular weight is 320 g/mol. The lowest BCUT2D eigenvalue weighted by Crippen LogP contribution is -2.47. The molecule has 1 aliphatic heterocycles. The molecule has 1 unspecified atom stereocenters. The van der Waals surface area contributed by atoms with Gasteiger partial charge in [-0.15, -0.1) is 11.3 Å². The Morgan fingerprint density at radius 3 is 2.86 bits per heavy atom. The van der Waals surface area contributed by atoms with Crippen LogP contribution in [-0.2, 0) is 4.79 Å². The Bertz CT molecular complexity index is 539. The van der Waals surface area contributed by atoms with E-state index in [0.717, 1.165) is 29.8 Å². The van der Waals surface area contributed by atoms with Crippen LogP contribution in [0.15, 0.2) is 29.7 Å². The number of hydrogen-bond acceptors (Lipinski definition) is 3. The van der Waals surface area contributed by atoms with E-state index in [-0.39, 0.29) is 17.7 Å². The number of likely N-dealkylation sites (tertiary alicyclic amines) is 1. The number of thiophene rings is 1. The van der Waals surface area contributed by atoms with Gasteiger partial charge in [0, 0.05) is 26.2 Å². The Kier molecular flexibility index (Phi) is 5.77. The van der Waals surface area contributed by atoms with Crippen molar-refractivity contribution in [2.45, 2.75) is 26.7 Å². The van der Waals surface area contributed by atoms with Gasteiger partial charge in [0.1, 0.15) is 0 Å². The Morgan fingerprint density at radius 2 is 2.27 bits per heavy atom. The predicted molar refractivity (Wildman–Crippen MR) is 90.0 cm³/mol. The van der Waals surface area contributed by atoms with Crippen molar-refractivity contribution in [1.82, 2.24) is 9.80 Å². The zero-order valence-corrected chi connectivity index (χ0v) is 14.2. The normalized spacial score (nSPS) is 18.1. The molecule has 2 heterocycles. The molecule has 1 fully saturated rings. The van der Waals surface area contributed by atoms with Gasteiger partial charge in [0.15, 0.2) is 0 Å².